The minimum Gasteiger partial charge on any atom is -0.598 e. The van der Waals surface area contributed by atoms with Crippen molar-refractivity contribution in [3.8, 4) is 6.07 Å². The van der Waals surface area contributed by atoms with Gasteiger partial charge >= 0.3 is 0 Å². The molecule has 204 valence electrons. The van der Waals surface area contributed by atoms with Crippen LogP contribution in [0, 0.1) is 23.1 Å². The Morgan fingerprint density at radius 3 is 2.61 bits per heavy atom. The van der Waals surface area contributed by atoms with Gasteiger partial charge in [-0.05, 0) is 81.3 Å². The van der Waals surface area contributed by atoms with E-state index in [1.165, 1.54) is 6.07 Å². The van der Waals surface area contributed by atoms with E-state index in [1.54, 1.807) is 31.4 Å². The number of nitriles is 1. The van der Waals surface area contributed by atoms with E-state index < -0.39 is 33.5 Å². The average molecular weight is 541 g/mol. The van der Waals surface area contributed by atoms with E-state index >= 15 is 4.39 Å². The summed E-state index contributed by atoms with van der Waals surface area (Å²) in [7, 11) is 1.60. The van der Waals surface area contributed by atoms with E-state index in [1.807, 2.05) is 32.9 Å². The third kappa shape index (κ3) is 6.56. The number of hydrogen-bond acceptors (Lipinski definition) is 6. The number of nitrogens with zero attached hydrogens (tertiary/aromatic N) is 1. The zero-order chi connectivity index (χ0) is 27.5. The Morgan fingerprint density at radius 1 is 1.24 bits per heavy atom. The first-order valence-electron chi connectivity index (χ1n) is 13.1. The van der Waals surface area contributed by atoms with E-state index in [2.05, 4.69) is 21.4 Å². The molecule has 38 heavy (non-hydrogen) atoms. The van der Waals surface area contributed by atoms with Crippen molar-refractivity contribution in [2.24, 2.45) is 5.92 Å². The lowest BCUT2D eigenvalue weighted by Gasteiger charge is -2.39. The van der Waals surface area contributed by atoms with Crippen LogP contribution in [-0.2, 0) is 26.4 Å². The van der Waals surface area contributed by atoms with Crippen LogP contribution in [0.4, 0.5) is 10.1 Å². The molecule has 7 nitrogen and oxygen atoms in total. The van der Waals surface area contributed by atoms with Crippen molar-refractivity contribution in [3.05, 3.63) is 65.0 Å². The van der Waals surface area contributed by atoms with Gasteiger partial charge < -0.3 is 19.9 Å². The Kier molecular flexibility index (Phi) is 8.80. The van der Waals surface area contributed by atoms with Gasteiger partial charge in [-0.1, -0.05) is 31.0 Å². The highest BCUT2D eigenvalue weighted by Crippen LogP contribution is 2.43. The van der Waals surface area contributed by atoms with Gasteiger partial charge in [-0.15, -0.1) is 4.72 Å². The van der Waals surface area contributed by atoms with Crippen molar-refractivity contribution < 1.29 is 18.5 Å². The fourth-order valence-electron chi connectivity index (χ4n) is 4.81. The number of halogens is 1. The molecule has 1 aliphatic heterocycles. The van der Waals surface area contributed by atoms with Crippen molar-refractivity contribution in [2.45, 2.75) is 75.3 Å². The Hall–Kier alpha value is -2.48. The Balaban J connectivity index is 1.77. The summed E-state index contributed by atoms with van der Waals surface area (Å²) in [5.74, 6) is -0.302. The Bertz CT molecular complexity index is 1190. The monoisotopic (exact) mass is 540 g/mol. The van der Waals surface area contributed by atoms with Gasteiger partial charge in [0.15, 0.2) is 0 Å². The molecule has 0 aromatic heterocycles. The van der Waals surface area contributed by atoms with Gasteiger partial charge in [0.05, 0.1) is 29.5 Å². The minimum atomic E-state index is -1.48. The quantitative estimate of drug-likeness (QED) is 0.383. The minimum absolute atomic E-state index is 0.0609. The van der Waals surface area contributed by atoms with Crippen molar-refractivity contribution in [1.29, 1.82) is 5.26 Å². The van der Waals surface area contributed by atoms with Gasteiger partial charge in [-0.3, -0.25) is 4.79 Å². The summed E-state index contributed by atoms with van der Waals surface area (Å²) in [4.78, 5) is 13.0. The number of ether oxygens (including phenoxy) is 1. The SMILES string of the molecule is COC1CNC(C(=O)Nc2cc(C(CCC3CC3)(N[S@+]([O-])C(C)(C)C)c3cccc(C#N)c3)ccc2F)C1. The summed E-state index contributed by atoms with van der Waals surface area (Å²) in [6.45, 7) is 6.24. The molecule has 2 aliphatic rings. The first-order valence-corrected chi connectivity index (χ1v) is 14.3. The standard InChI is InChI=1S/C29H37FN4O3S/c1-28(2,3)38(36)34-29(13-12-19-8-9-19,21-7-5-6-20(14-21)17-31)22-10-11-24(30)25(15-22)33-27(35)26-16-23(37-4)18-32-26/h5-7,10-11,14-15,19,23,26,32,34H,8-9,12-13,16,18H2,1-4H3,(H,33,35)/t23?,26?,29?,38-/m1/s1. The summed E-state index contributed by atoms with van der Waals surface area (Å²) in [6.07, 6.45) is 4.22. The van der Waals surface area contributed by atoms with E-state index in [0.717, 1.165) is 24.8 Å². The van der Waals surface area contributed by atoms with Gasteiger partial charge in [-0.25, -0.2) is 4.39 Å². The highest BCUT2D eigenvalue weighted by atomic mass is 32.2. The highest BCUT2D eigenvalue weighted by Gasteiger charge is 2.43. The van der Waals surface area contributed by atoms with Crippen LogP contribution in [0.1, 0.15) is 69.6 Å². The third-order valence-electron chi connectivity index (χ3n) is 7.39. The normalized spacial score (nSPS) is 21.9. The molecule has 1 saturated heterocycles. The number of nitrogens with one attached hydrogen (secondary N) is 3. The lowest BCUT2D eigenvalue weighted by atomic mass is 9.79. The number of amides is 1. The topological polar surface area (TPSA) is 109 Å². The van der Waals surface area contributed by atoms with Gasteiger partial charge in [0.25, 0.3) is 0 Å². The molecule has 0 bridgehead atoms. The number of benzene rings is 2. The van der Waals surface area contributed by atoms with Crippen LogP contribution >= 0.6 is 0 Å². The second kappa shape index (κ2) is 11.7. The van der Waals surface area contributed by atoms with Gasteiger partial charge in [0, 0.05) is 25.0 Å². The van der Waals surface area contributed by atoms with Crippen LogP contribution in [0.25, 0.3) is 0 Å². The van der Waals surface area contributed by atoms with Gasteiger partial charge in [0.1, 0.15) is 16.1 Å². The highest BCUT2D eigenvalue weighted by molar-refractivity contribution is 7.90. The van der Waals surface area contributed by atoms with Crippen molar-refractivity contribution in [1.82, 2.24) is 10.0 Å². The smallest absolute Gasteiger partial charge is 0.241 e. The molecule has 1 aliphatic carbocycles. The average Bonchev–Trinajstić information content (AvgIpc) is 3.60. The molecular weight excluding hydrogens is 503 g/mol. The maximum atomic E-state index is 15.1. The molecule has 3 unspecified atom stereocenters. The summed E-state index contributed by atoms with van der Waals surface area (Å²) >= 11 is -1.48. The van der Waals surface area contributed by atoms with Crippen LogP contribution in [-0.4, -0.2) is 41.0 Å². The number of anilines is 1. The Morgan fingerprint density at radius 2 is 1.97 bits per heavy atom. The van der Waals surface area contributed by atoms with Crippen LogP contribution in [0.5, 0.6) is 0 Å². The molecule has 4 atom stereocenters. The number of hydrogen-bond donors (Lipinski definition) is 3. The van der Waals surface area contributed by atoms with Gasteiger partial charge in [0.2, 0.25) is 5.91 Å². The largest absolute Gasteiger partial charge is 0.598 e. The van der Waals surface area contributed by atoms with Crippen molar-refractivity contribution >= 4 is 23.0 Å². The number of methoxy groups -OCH3 is 1. The van der Waals surface area contributed by atoms with E-state index in [0.29, 0.717) is 36.4 Å². The van der Waals surface area contributed by atoms with Crippen LogP contribution in [0.2, 0.25) is 0 Å². The zero-order valence-electron chi connectivity index (χ0n) is 22.5. The molecule has 2 aromatic carbocycles. The van der Waals surface area contributed by atoms with Crippen LogP contribution in [0.15, 0.2) is 42.5 Å². The number of carbonyl (C=O) groups is 1. The first-order chi connectivity index (χ1) is 18.1. The predicted octanol–water partition coefficient (Wildman–Crippen LogP) is 4.50. The van der Waals surface area contributed by atoms with Crippen LogP contribution in [0.3, 0.4) is 0 Å². The Labute approximate surface area is 227 Å². The second-order valence-electron chi connectivity index (χ2n) is 11.3. The first kappa shape index (κ1) is 28.5. The zero-order valence-corrected chi connectivity index (χ0v) is 23.3. The van der Waals surface area contributed by atoms with E-state index in [9.17, 15) is 14.6 Å². The lowest BCUT2D eigenvalue weighted by Crippen LogP contribution is -2.52. The summed E-state index contributed by atoms with van der Waals surface area (Å²) in [5, 5.41) is 15.5. The van der Waals surface area contributed by atoms with E-state index in [4.69, 9.17) is 4.74 Å². The number of carbonyl (C=O) groups excluding carboxylic acids is 1. The lowest BCUT2D eigenvalue weighted by molar-refractivity contribution is -0.118. The predicted molar refractivity (Wildman–Crippen MR) is 147 cm³/mol. The van der Waals surface area contributed by atoms with Crippen LogP contribution < -0.4 is 15.4 Å². The fraction of sp³-hybridized carbons (Fsp3) is 0.517. The number of rotatable bonds is 10. The molecule has 1 amide bonds. The molecule has 0 spiro atoms. The third-order valence-corrected chi connectivity index (χ3v) is 9.04. The molecule has 1 saturated carbocycles. The maximum Gasteiger partial charge on any atom is 0.241 e. The second-order valence-corrected chi connectivity index (χ2v) is 13.3. The van der Waals surface area contributed by atoms with Crippen molar-refractivity contribution in [3.63, 3.8) is 0 Å². The fourth-order valence-corrected chi connectivity index (χ4v) is 5.77. The molecule has 0 radical (unpaired) electrons. The van der Waals surface area contributed by atoms with Crippen molar-refractivity contribution in [2.75, 3.05) is 19.0 Å². The van der Waals surface area contributed by atoms with E-state index in [-0.39, 0.29) is 17.7 Å². The molecular formula is C29H37FN4O3S. The summed E-state index contributed by atoms with van der Waals surface area (Å²) in [6, 6.07) is 13.6. The molecule has 3 N–H and O–H groups in total. The molecule has 4 rings (SSSR count). The molecule has 2 fully saturated rings. The van der Waals surface area contributed by atoms with Gasteiger partial charge in [-0.2, -0.15) is 5.26 Å². The summed E-state index contributed by atoms with van der Waals surface area (Å²) in [5.41, 5.74) is 1.03. The molecule has 9 heteroatoms. The maximum absolute atomic E-state index is 15.1. The molecule has 2 aromatic rings. The summed E-state index contributed by atoms with van der Waals surface area (Å²) < 4.78 is 36.8. The molecule has 1 heterocycles.